The molecule has 1 aliphatic heterocycles. The number of para-hydroxylation sites is 2. The van der Waals surface area contributed by atoms with E-state index >= 15 is 0 Å². The van der Waals surface area contributed by atoms with Crippen LogP contribution in [-0.4, -0.2) is 49.7 Å². The maximum Gasteiger partial charge on any atom is 0.264 e. The Morgan fingerprint density at radius 3 is 2.61 bits per heavy atom. The monoisotopic (exact) mass is 318 g/mol. The van der Waals surface area contributed by atoms with Crippen LogP contribution in [-0.2, 0) is 4.79 Å². The molecule has 1 aliphatic carbocycles. The summed E-state index contributed by atoms with van der Waals surface area (Å²) in [6, 6.07) is 7.46. The molecule has 1 heterocycles. The van der Waals surface area contributed by atoms with E-state index in [1.807, 2.05) is 24.3 Å². The van der Waals surface area contributed by atoms with Gasteiger partial charge < -0.3 is 19.7 Å². The van der Waals surface area contributed by atoms with Crippen LogP contribution in [0.2, 0.25) is 0 Å². The van der Waals surface area contributed by atoms with Gasteiger partial charge in [-0.25, -0.2) is 0 Å². The molecule has 1 aromatic rings. The summed E-state index contributed by atoms with van der Waals surface area (Å²) in [6.45, 7) is 0.929. The molecule has 1 aromatic carbocycles. The summed E-state index contributed by atoms with van der Waals surface area (Å²) in [7, 11) is 4.21. The van der Waals surface area contributed by atoms with Crippen molar-refractivity contribution in [2.75, 3.05) is 27.2 Å². The Bertz CT molecular complexity index is 553. The lowest BCUT2D eigenvalue weighted by Crippen LogP contribution is -2.56. The van der Waals surface area contributed by atoms with Crippen LogP contribution in [0.3, 0.4) is 0 Å². The Hall–Kier alpha value is -1.75. The molecule has 0 unspecified atom stereocenters. The van der Waals surface area contributed by atoms with E-state index < -0.39 is 6.10 Å². The lowest BCUT2D eigenvalue weighted by molar-refractivity contribution is -0.131. The zero-order chi connectivity index (χ0) is 16.3. The highest BCUT2D eigenvalue weighted by Gasteiger charge is 2.36. The van der Waals surface area contributed by atoms with Gasteiger partial charge in [0.05, 0.1) is 0 Å². The molecule has 5 nitrogen and oxygen atoms in total. The third-order valence-electron chi connectivity index (χ3n) is 5.13. The molecule has 1 amide bonds. The molecular weight excluding hydrogens is 292 g/mol. The maximum absolute atomic E-state index is 12.5. The Balaban J connectivity index is 1.59. The number of ether oxygens (including phenoxy) is 2. The van der Waals surface area contributed by atoms with Crippen LogP contribution in [0, 0.1) is 0 Å². The molecule has 0 saturated heterocycles. The first-order valence-corrected chi connectivity index (χ1v) is 8.44. The van der Waals surface area contributed by atoms with Crippen LogP contribution in [0.5, 0.6) is 11.5 Å². The standard InChI is InChI=1S/C18H26N2O3/c1-20(2)18(10-6-3-7-11-18)13-19-17(21)16-12-22-14-8-4-5-9-15(14)23-16/h4-5,8-9,16H,3,6-7,10-13H2,1-2H3,(H,19,21)/t16-/m1/s1. The minimum Gasteiger partial charge on any atom is -0.485 e. The molecule has 23 heavy (non-hydrogen) atoms. The normalized spacial score (nSPS) is 22.7. The van der Waals surface area contributed by atoms with Gasteiger partial charge in [-0.3, -0.25) is 4.79 Å². The summed E-state index contributed by atoms with van der Waals surface area (Å²) in [6.07, 6.45) is 5.43. The molecule has 2 aliphatic rings. The smallest absolute Gasteiger partial charge is 0.264 e. The lowest BCUT2D eigenvalue weighted by atomic mass is 9.80. The van der Waals surface area contributed by atoms with Crippen molar-refractivity contribution in [2.24, 2.45) is 0 Å². The van der Waals surface area contributed by atoms with E-state index in [-0.39, 0.29) is 18.1 Å². The van der Waals surface area contributed by atoms with Gasteiger partial charge in [0, 0.05) is 12.1 Å². The second-order valence-corrected chi connectivity index (χ2v) is 6.76. The summed E-state index contributed by atoms with van der Waals surface area (Å²) in [5, 5.41) is 3.09. The SMILES string of the molecule is CN(C)C1(CNC(=O)[C@H]2COc3ccccc3O2)CCCCC1. The van der Waals surface area contributed by atoms with Crippen LogP contribution in [0.15, 0.2) is 24.3 Å². The van der Waals surface area contributed by atoms with Crippen molar-refractivity contribution in [3.8, 4) is 11.5 Å². The molecule has 3 rings (SSSR count). The van der Waals surface area contributed by atoms with Crippen LogP contribution in [0.25, 0.3) is 0 Å². The molecule has 1 fully saturated rings. The number of rotatable bonds is 4. The Labute approximate surface area is 137 Å². The highest BCUT2D eigenvalue weighted by molar-refractivity contribution is 5.81. The van der Waals surface area contributed by atoms with Crippen LogP contribution in [0.1, 0.15) is 32.1 Å². The fourth-order valence-electron chi connectivity index (χ4n) is 3.51. The second-order valence-electron chi connectivity index (χ2n) is 6.76. The van der Waals surface area contributed by atoms with Gasteiger partial charge in [0.1, 0.15) is 6.61 Å². The van der Waals surface area contributed by atoms with Crippen molar-refractivity contribution < 1.29 is 14.3 Å². The quantitative estimate of drug-likeness (QED) is 0.925. The van der Waals surface area contributed by atoms with Gasteiger partial charge in [-0.1, -0.05) is 31.4 Å². The molecule has 5 heteroatoms. The van der Waals surface area contributed by atoms with E-state index in [1.165, 1.54) is 19.3 Å². The molecule has 0 aromatic heterocycles. The van der Waals surface area contributed by atoms with Crippen molar-refractivity contribution in [1.82, 2.24) is 10.2 Å². The predicted molar refractivity (Wildman–Crippen MR) is 88.9 cm³/mol. The number of amides is 1. The molecule has 0 spiro atoms. The zero-order valence-corrected chi connectivity index (χ0v) is 14.0. The second kappa shape index (κ2) is 6.79. The van der Waals surface area contributed by atoms with Crippen molar-refractivity contribution in [2.45, 2.75) is 43.7 Å². The van der Waals surface area contributed by atoms with E-state index in [2.05, 4.69) is 24.3 Å². The van der Waals surface area contributed by atoms with Gasteiger partial charge in [-0.05, 0) is 39.1 Å². The van der Waals surface area contributed by atoms with Crippen molar-refractivity contribution >= 4 is 5.91 Å². The zero-order valence-electron chi connectivity index (χ0n) is 14.0. The largest absolute Gasteiger partial charge is 0.485 e. The number of nitrogens with zero attached hydrogens (tertiary/aromatic N) is 1. The molecule has 0 radical (unpaired) electrons. The number of likely N-dealkylation sites (N-methyl/N-ethyl adjacent to an activating group) is 1. The van der Waals surface area contributed by atoms with Crippen molar-refractivity contribution in [1.29, 1.82) is 0 Å². The van der Waals surface area contributed by atoms with Gasteiger partial charge in [-0.2, -0.15) is 0 Å². The van der Waals surface area contributed by atoms with Crippen LogP contribution >= 0.6 is 0 Å². The van der Waals surface area contributed by atoms with E-state index in [9.17, 15) is 4.79 Å². The Morgan fingerprint density at radius 1 is 1.22 bits per heavy atom. The Kier molecular flexibility index (Phi) is 4.76. The molecule has 1 N–H and O–H groups in total. The number of fused-ring (bicyclic) bond motifs is 1. The molecular formula is C18H26N2O3. The highest BCUT2D eigenvalue weighted by atomic mass is 16.6. The topological polar surface area (TPSA) is 50.8 Å². The van der Waals surface area contributed by atoms with Crippen molar-refractivity contribution in [3.63, 3.8) is 0 Å². The summed E-state index contributed by atoms with van der Waals surface area (Å²) < 4.78 is 11.4. The summed E-state index contributed by atoms with van der Waals surface area (Å²) in [5.74, 6) is 1.25. The van der Waals surface area contributed by atoms with Gasteiger partial charge in [0.25, 0.3) is 5.91 Å². The van der Waals surface area contributed by atoms with Crippen LogP contribution < -0.4 is 14.8 Å². The first-order chi connectivity index (χ1) is 11.1. The van der Waals surface area contributed by atoms with Gasteiger partial charge in [0.2, 0.25) is 6.10 Å². The average Bonchev–Trinajstić information content (AvgIpc) is 2.60. The number of carbonyl (C=O) groups is 1. The fourth-order valence-corrected chi connectivity index (χ4v) is 3.51. The lowest BCUT2D eigenvalue weighted by Gasteiger charge is -2.43. The number of hydrogen-bond donors (Lipinski definition) is 1. The number of nitrogens with one attached hydrogen (secondary N) is 1. The van der Waals surface area contributed by atoms with Crippen molar-refractivity contribution in [3.05, 3.63) is 24.3 Å². The molecule has 1 saturated carbocycles. The predicted octanol–water partition coefficient (Wildman–Crippen LogP) is 2.21. The molecule has 0 bridgehead atoms. The number of benzene rings is 1. The van der Waals surface area contributed by atoms with E-state index in [4.69, 9.17) is 9.47 Å². The summed E-state index contributed by atoms with van der Waals surface area (Å²) >= 11 is 0. The van der Waals surface area contributed by atoms with E-state index in [0.717, 1.165) is 12.8 Å². The number of carbonyl (C=O) groups excluding carboxylic acids is 1. The first kappa shape index (κ1) is 16.1. The van der Waals surface area contributed by atoms with E-state index in [0.29, 0.717) is 18.0 Å². The average molecular weight is 318 g/mol. The van der Waals surface area contributed by atoms with Gasteiger partial charge in [-0.15, -0.1) is 0 Å². The minimum atomic E-state index is -0.576. The third kappa shape index (κ3) is 3.44. The minimum absolute atomic E-state index is 0.0708. The maximum atomic E-state index is 12.5. The molecule has 126 valence electrons. The molecule has 1 atom stereocenters. The van der Waals surface area contributed by atoms with Gasteiger partial charge in [0.15, 0.2) is 11.5 Å². The Morgan fingerprint density at radius 2 is 1.91 bits per heavy atom. The highest BCUT2D eigenvalue weighted by Crippen LogP contribution is 2.32. The van der Waals surface area contributed by atoms with Gasteiger partial charge >= 0.3 is 0 Å². The fraction of sp³-hybridized carbons (Fsp3) is 0.611. The summed E-state index contributed by atoms with van der Waals surface area (Å²) in [4.78, 5) is 14.7. The van der Waals surface area contributed by atoms with Crippen LogP contribution in [0.4, 0.5) is 0 Å². The number of hydrogen-bond acceptors (Lipinski definition) is 4. The summed E-state index contributed by atoms with van der Waals surface area (Å²) in [5.41, 5.74) is 0.0708. The first-order valence-electron chi connectivity index (χ1n) is 8.44. The van der Waals surface area contributed by atoms with E-state index in [1.54, 1.807) is 0 Å². The third-order valence-corrected chi connectivity index (χ3v) is 5.13.